The number of rotatable bonds is 10. The van der Waals surface area contributed by atoms with Gasteiger partial charge < -0.3 is 19.7 Å². The van der Waals surface area contributed by atoms with Crippen LogP contribution in [0.1, 0.15) is 50.0 Å². The molecule has 2 aromatic heterocycles. The largest absolute Gasteiger partial charge is 0.464 e. The van der Waals surface area contributed by atoms with Gasteiger partial charge in [0.2, 0.25) is 5.82 Å². The van der Waals surface area contributed by atoms with Crippen molar-refractivity contribution in [3.63, 3.8) is 0 Å². The number of anilines is 3. The molecule has 0 aliphatic carbocycles. The van der Waals surface area contributed by atoms with Crippen molar-refractivity contribution in [3.8, 4) is 11.3 Å². The zero-order valence-electron chi connectivity index (χ0n) is 24.3. The van der Waals surface area contributed by atoms with Gasteiger partial charge >= 0.3 is 12.1 Å². The Morgan fingerprint density at radius 3 is 2.61 bits per heavy atom. The topological polar surface area (TPSA) is 92.7 Å². The molecule has 1 N–H and O–H groups in total. The summed E-state index contributed by atoms with van der Waals surface area (Å²) >= 11 is 7.34. The molecule has 1 aromatic carbocycles. The van der Waals surface area contributed by atoms with Gasteiger partial charge in [-0.05, 0) is 64.3 Å². The van der Waals surface area contributed by atoms with Crippen molar-refractivity contribution in [1.29, 1.82) is 0 Å². The van der Waals surface area contributed by atoms with Crippen molar-refractivity contribution < 1.29 is 31.8 Å². The summed E-state index contributed by atoms with van der Waals surface area (Å²) in [7, 11) is 0. The van der Waals surface area contributed by atoms with E-state index < -0.39 is 23.5 Å². The number of carbonyl (C=O) groups is 1. The fourth-order valence-corrected chi connectivity index (χ4v) is 6.68. The van der Waals surface area contributed by atoms with Crippen LogP contribution in [-0.4, -0.2) is 70.8 Å². The first-order valence-electron chi connectivity index (χ1n) is 14.4. The van der Waals surface area contributed by atoms with Crippen LogP contribution in [0.2, 0.25) is 5.02 Å². The van der Waals surface area contributed by atoms with E-state index in [-0.39, 0.29) is 46.7 Å². The van der Waals surface area contributed by atoms with Crippen molar-refractivity contribution in [2.75, 3.05) is 43.1 Å². The van der Waals surface area contributed by atoms with E-state index in [1.54, 1.807) is 11.8 Å². The van der Waals surface area contributed by atoms with Crippen LogP contribution in [0.5, 0.6) is 0 Å². The average Bonchev–Trinajstić information content (AvgIpc) is 3.58. The van der Waals surface area contributed by atoms with Gasteiger partial charge in [0.25, 0.3) is 0 Å². The Labute approximate surface area is 261 Å². The van der Waals surface area contributed by atoms with E-state index in [2.05, 4.69) is 32.1 Å². The molecular weight excluding hydrogens is 624 g/mol. The molecule has 1 atom stereocenters. The van der Waals surface area contributed by atoms with Crippen LogP contribution >= 0.6 is 22.9 Å². The lowest BCUT2D eigenvalue weighted by Crippen LogP contribution is -2.38. The molecule has 5 rings (SSSR count). The number of hydrogen-bond acceptors (Lipinski definition) is 10. The fraction of sp³-hybridized carbons (Fsp3) is 0.517. The van der Waals surface area contributed by atoms with E-state index >= 15 is 4.39 Å². The molecule has 9 nitrogen and oxygen atoms in total. The predicted molar refractivity (Wildman–Crippen MR) is 160 cm³/mol. The Bertz CT molecular complexity index is 1470. The second-order valence-electron chi connectivity index (χ2n) is 10.8. The van der Waals surface area contributed by atoms with Crippen LogP contribution in [0.15, 0.2) is 24.5 Å². The van der Waals surface area contributed by atoms with Gasteiger partial charge in [-0.3, -0.25) is 4.90 Å². The number of carbonyl (C=O) groups excluding carboxylic acids is 1. The normalized spacial score (nSPS) is 18.2. The van der Waals surface area contributed by atoms with Gasteiger partial charge in [0.05, 0.1) is 24.0 Å². The van der Waals surface area contributed by atoms with E-state index in [0.29, 0.717) is 44.2 Å². The van der Waals surface area contributed by atoms with E-state index in [0.717, 1.165) is 36.4 Å². The van der Waals surface area contributed by atoms with Crippen molar-refractivity contribution in [1.82, 2.24) is 19.9 Å². The van der Waals surface area contributed by atoms with Crippen molar-refractivity contribution in [2.45, 2.75) is 64.4 Å². The Kier molecular flexibility index (Phi) is 10.2. The minimum Gasteiger partial charge on any atom is -0.464 e. The summed E-state index contributed by atoms with van der Waals surface area (Å²) in [4.78, 5) is 29.2. The van der Waals surface area contributed by atoms with Crippen LogP contribution in [0.3, 0.4) is 0 Å². The summed E-state index contributed by atoms with van der Waals surface area (Å²) in [5.41, 5.74) is -0.290. The number of hydrogen-bond donors (Lipinski definition) is 1. The van der Waals surface area contributed by atoms with Gasteiger partial charge in [-0.1, -0.05) is 22.9 Å². The van der Waals surface area contributed by atoms with Crippen molar-refractivity contribution in [2.24, 2.45) is 0 Å². The number of halogens is 5. The average molecular weight is 657 g/mol. The number of likely N-dealkylation sites (tertiary alicyclic amines) is 1. The number of nitrogens with zero attached hydrogens (tertiary/aromatic N) is 5. The van der Waals surface area contributed by atoms with Crippen LogP contribution in [0.25, 0.3) is 11.3 Å². The summed E-state index contributed by atoms with van der Waals surface area (Å²) in [5, 5.41) is 3.16. The molecule has 2 aliphatic rings. The zero-order valence-corrected chi connectivity index (χ0v) is 25.9. The lowest BCUT2D eigenvalue weighted by atomic mass is 10.1. The minimum atomic E-state index is -4.58. The fourth-order valence-electron chi connectivity index (χ4n) is 5.43. The maximum Gasteiger partial charge on any atom is 0.416 e. The molecule has 2 aliphatic heterocycles. The molecule has 44 heavy (non-hydrogen) atoms. The van der Waals surface area contributed by atoms with Crippen LogP contribution in [0, 0.1) is 5.82 Å². The summed E-state index contributed by atoms with van der Waals surface area (Å²) < 4.78 is 67.1. The molecule has 238 valence electrons. The van der Waals surface area contributed by atoms with Gasteiger partial charge in [-0.15, -0.1) is 0 Å². The molecule has 0 unspecified atom stereocenters. The number of aromatic nitrogens is 3. The molecule has 3 aromatic rings. The number of nitrogens with one attached hydrogen (secondary N) is 1. The Morgan fingerprint density at radius 2 is 1.93 bits per heavy atom. The number of piperidine rings is 1. The SMILES string of the molecule is CCOC(=O)COC1CCN(c2ncnc(Nc3nc(-c4cc(Cl)cc(C(F)(F)F)c4)c(CN4CCC[C@H]4C)s3)c2F)CC1. The molecule has 2 fully saturated rings. The summed E-state index contributed by atoms with van der Waals surface area (Å²) in [6.07, 6.45) is -0.301. The molecule has 0 bridgehead atoms. The second kappa shape index (κ2) is 13.9. The van der Waals surface area contributed by atoms with Gasteiger partial charge in [0.15, 0.2) is 16.8 Å². The third-order valence-corrected chi connectivity index (χ3v) is 8.89. The molecule has 0 spiro atoms. The number of thiazole rings is 1. The smallest absolute Gasteiger partial charge is 0.416 e. The Hall–Kier alpha value is -3.07. The Balaban J connectivity index is 1.36. The molecule has 0 saturated carbocycles. The van der Waals surface area contributed by atoms with E-state index in [1.165, 1.54) is 23.7 Å². The van der Waals surface area contributed by atoms with Crippen molar-refractivity contribution >= 4 is 45.7 Å². The number of esters is 1. The highest BCUT2D eigenvalue weighted by Gasteiger charge is 2.32. The van der Waals surface area contributed by atoms with Crippen LogP contribution < -0.4 is 10.2 Å². The third kappa shape index (κ3) is 7.76. The maximum absolute atomic E-state index is 15.7. The first kappa shape index (κ1) is 32.3. The first-order valence-corrected chi connectivity index (χ1v) is 15.6. The second-order valence-corrected chi connectivity index (χ2v) is 12.3. The van der Waals surface area contributed by atoms with Gasteiger partial charge in [-0.2, -0.15) is 17.6 Å². The minimum absolute atomic E-state index is 0.0561. The molecule has 0 amide bonds. The van der Waals surface area contributed by atoms with Crippen LogP contribution in [-0.2, 0) is 27.0 Å². The van der Waals surface area contributed by atoms with E-state index in [1.807, 2.05) is 0 Å². The van der Waals surface area contributed by atoms with Gasteiger partial charge in [-0.25, -0.2) is 19.7 Å². The standard InChI is InChI=1S/C29H33ClF4N6O3S/c1-3-42-23(41)15-43-21-6-9-39(10-7-21)27-24(31)26(35-16-36-27)38-28-37-25(22(44-28)14-40-8-4-5-17(40)2)18-11-19(29(32,33)34)13-20(30)12-18/h11-13,16-17,21H,3-10,14-15H2,1-2H3,(H,35,36,37,38)/t17-/m1/s1. The quantitative estimate of drug-likeness (QED) is 0.189. The predicted octanol–water partition coefficient (Wildman–Crippen LogP) is 6.69. The lowest BCUT2D eigenvalue weighted by molar-refractivity contribution is -0.151. The summed E-state index contributed by atoms with van der Waals surface area (Å²) in [6, 6.07) is 3.68. The number of benzene rings is 1. The monoisotopic (exact) mass is 656 g/mol. The summed E-state index contributed by atoms with van der Waals surface area (Å²) in [6.45, 7) is 6.24. The molecule has 4 heterocycles. The highest BCUT2D eigenvalue weighted by atomic mass is 35.5. The van der Waals surface area contributed by atoms with Gasteiger partial charge in [0, 0.05) is 41.1 Å². The van der Waals surface area contributed by atoms with Crippen LogP contribution in [0.4, 0.5) is 34.3 Å². The van der Waals surface area contributed by atoms with Gasteiger partial charge in [0.1, 0.15) is 12.9 Å². The van der Waals surface area contributed by atoms with Crippen molar-refractivity contribution in [3.05, 3.63) is 45.8 Å². The van der Waals surface area contributed by atoms with E-state index in [4.69, 9.17) is 21.1 Å². The molecule has 15 heteroatoms. The lowest BCUT2D eigenvalue weighted by Gasteiger charge is -2.32. The highest BCUT2D eigenvalue weighted by Crippen LogP contribution is 2.39. The first-order chi connectivity index (χ1) is 21.0. The number of alkyl halides is 3. The maximum atomic E-state index is 15.7. The summed E-state index contributed by atoms with van der Waals surface area (Å²) in [5.74, 6) is -1.09. The Morgan fingerprint density at radius 1 is 1.16 bits per heavy atom. The zero-order chi connectivity index (χ0) is 31.4. The number of ether oxygens (including phenoxy) is 2. The highest BCUT2D eigenvalue weighted by molar-refractivity contribution is 7.16. The molecular formula is C29H33ClF4N6O3S. The van der Waals surface area contributed by atoms with E-state index in [9.17, 15) is 18.0 Å². The molecule has 2 saturated heterocycles. The third-order valence-electron chi connectivity index (χ3n) is 7.71. The molecule has 0 radical (unpaired) electrons.